The van der Waals surface area contributed by atoms with Gasteiger partial charge < -0.3 is 25.4 Å². The molecule has 1 aromatic carbocycles. The molecule has 1 saturated heterocycles. The molecule has 8 heteroatoms. The van der Waals surface area contributed by atoms with E-state index in [1.807, 2.05) is 39.1 Å². The van der Waals surface area contributed by atoms with Gasteiger partial charge in [-0.2, -0.15) is 4.98 Å². The number of aryl methyl sites for hydroxylation is 1. The molecule has 158 valence electrons. The van der Waals surface area contributed by atoms with Crippen molar-refractivity contribution in [3.63, 3.8) is 0 Å². The monoisotopic (exact) mass is 427 g/mol. The lowest BCUT2D eigenvalue weighted by molar-refractivity contribution is 0.402. The number of anilines is 2. The first kappa shape index (κ1) is 20.5. The van der Waals surface area contributed by atoms with Crippen LogP contribution in [0, 0.1) is 13.8 Å². The summed E-state index contributed by atoms with van der Waals surface area (Å²) in [6.45, 7) is 5.71. The highest BCUT2D eigenvalue weighted by Crippen LogP contribution is 2.40. The molecule has 3 N–H and O–H groups in total. The fraction of sp³-hybridized carbons (Fsp3) is 0.364. The highest BCUT2D eigenvalue weighted by molar-refractivity contribution is 6.36. The fourth-order valence-corrected chi connectivity index (χ4v) is 4.13. The number of likely N-dealkylation sites (N-methyl/N-ethyl adjacent to an activating group) is 1. The molecule has 0 spiro atoms. The van der Waals surface area contributed by atoms with E-state index in [1.165, 1.54) is 0 Å². The van der Waals surface area contributed by atoms with E-state index in [2.05, 4.69) is 15.2 Å². The number of nitrogen functional groups attached to an aromatic ring is 1. The van der Waals surface area contributed by atoms with Crippen LogP contribution in [0.4, 0.5) is 11.6 Å². The van der Waals surface area contributed by atoms with Gasteiger partial charge in [-0.1, -0.05) is 17.7 Å². The summed E-state index contributed by atoms with van der Waals surface area (Å²) in [4.78, 5) is 11.3. The maximum Gasteiger partial charge on any atom is 0.232 e. The van der Waals surface area contributed by atoms with Crippen molar-refractivity contribution in [1.82, 2.24) is 15.3 Å². The second-order valence-electron chi connectivity index (χ2n) is 7.56. The van der Waals surface area contributed by atoms with Crippen molar-refractivity contribution in [3.05, 3.63) is 40.5 Å². The van der Waals surface area contributed by atoms with Crippen LogP contribution in [0.5, 0.6) is 17.4 Å². The fourth-order valence-electron chi connectivity index (χ4n) is 3.93. The maximum atomic E-state index is 6.50. The summed E-state index contributed by atoms with van der Waals surface area (Å²) < 4.78 is 11.8. The zero-order chi connectivity index (χ0) is 21.4. The number of nitrogens with zero attached hydrogens (tertiary/aromatic N) is 3. The van der Waals surface area contributed by atoms with Gasteiger partial charge in [0.2, 0.25) is 5.88 Å². The summed E-state index contributed by atoms with van der Waals surface area (Å²) >= 11 is 6.50. The van der Waals surface area contributed by atoms with Gasteiger partial charge in [0.25, 0.3) is 0 Å². The Morgan fingerprint density at radius 2 is 2.10 bits per heavy atom. The third-order valence-electron chi connectivity index (χ3n) is 5.70. The first-order valence-corrected chi connectivity index (χ1v) is 10.3. The van der Waals surface area contributed by atoms with E-state index in [4.69, 9.17) is 31.8 Å². The Hall–Kier alpha value is -2.77. The van der Waals surface area contributed by atoms with Crippen LogP contribution in [0.1, 0.15) is 17.5 Å². The number of hydrogen-bond donors (Lipinski definition) is 2. The molecule has 30 heavy (non-hydrogen) atoms. The van der Waals surface area contributed by atoms with E-state index in [0.717, 1.165) is 47.6 Å². The Bertz CT molecular complexity index is 1100. The van der Waals surface area contributed by atoms with Gasteiger partial charge >= 0.3 is 0 Å². The average Bonchev–Trinajstić information content (AvgIpc) is 3.23. The Kier molecular flexibility index (Phi) is 5.58. The minimum absolute atomic E-state index is 0.330. The number of aromatic nitrogens is 2. The molecular formula is C22H26ClN5O2. The molecule has 1 aliphatic rings. The molecule has 2 aromatic heterocycles. The normalized spacial score (nSPS) is 16.3. The Morgan fingerprint density at radius 1 is 1.30 bits per heavy atom. The summed E-state index contributed by atoms with van der Waals surface area (Å²) in [6, 6.07) is 6.27. The smallest absolute Gasteiger partial charge is 0.232 e. The number of nitrogens with one attached hydrogen (secondary N) is 1. The van der Waals surface area contributed by atoms with Crippen molar-refractivity contribution in [2.45, 2.75) is 26.3 Å². The number of hydrogen-bond acceptors (Lipinski definition) is 7. The van der Waals surface area contributed by atoms with Gasteiger partial charge in [-0.25, -0.2) is 4.98 Å². The second-order valence-corrected chi connectivity index (χ2v) is 7.97. The summed E-state index contributed by atoms with van der Waals surface area (Å²) in [7, 11) is 3.62. The van der Waals surface area contributed by atoms with E-state index in [9.17, 15) is 0 Å². The molecule has 0 saturated carbocycles. The van der Waals surface area contributed by atoms with E-state index in [0.29, 0.717) is 33.9 Å². The van der Waals surface area contributed by atoms with Crippen molar-refractivity contribution < 1.29 is 9.47 Å². The zero-order valence-corrected chi connectivity index (χ0v) is 18.4. The van der Waals surface area contributed by atoms with Crippen LogP contribution in [0.3, 0.4) is 0 Å². The molecule has 0 unspecified atom stereocenters. The van der Waals surface area contributed by atoms with Crippen LogP contribution in [0.2, 0.25) is 5.02 Å². The molecule has 3 heterocycles. The summed E-state index contributed by atoms with van der Waals surface area (Å²) in [5.41, 5.74) is 8.08. The van der Waals surface area contributed by atoms with Gasteiger partial charge in [0.1, 0.15) is 23.1 Å². The highest BCUT2D eigenvalue weighted by Gasteiger charge is 2.25. The SMILES string of the molecule is CN[C@@H]1CCN(c2cc3c(Cl)cnc(N)c3c(Oc3c(C)ccc(OC)c3C)n2)C1. The largest absolute Gasteiger partial charge is 0.496 e. The highest BCUT2D eigenvalue weighted by atomic mass is 35.5. The predicted molar refractivity (Wildman–Crippen MR) is 121 cm³/mol. The number of halogens is 1. The zero-order valence-electron chi connectivity index (χ0n) is 17.6. The minimum atomic E-state index is 0.330. The minimum Gasteiger partial charge on any atom is -0.496 e. The Morgan fingerprint density at radius 3 is 2.80 bits per heavy atom. The van der Waals surface area contributed by atoms with Crippen LogP contribution in [-0.4, -0.2) is 43.3 Å². The third-order valence-corrected chi connectivity index (χ3v) is 6.00. The van der Waals surface area contributed by atoms with Crippen molar-refractivity contribution in [2.75, 3.05) is 37.9 Å². The molecule has 1 fully saturated rings. The van der Waals surface area contributed by atoms with E-state index < -0.39 is 0 Å². The second kappa shape index (κ2) is 8.16. The van der Waals surface area contributed by atoms with E-state index in [-0.39, 0.29) is 0 Å². The molecule has 4 rings (SSSR count). The van der Waals surface area contributed by atoms with Crippen LogP contribution in [-0.2, 0) is 0 Å². The van der Waals surface area contributed by atoms with Crippen LogP contribution in [0.25, 0.3) is 10.8 Å². The topological polar surface area (TPSA) is 85.5 Å². The number of methoxy groups -OCH3 is 1. The van der Waals surface area contributed by atoms with Gasteiger partial charge in [0.05, 0.1) is 17.5 Å². The van der Waals surface area contributed by atoms with Crippen LogP contribution < -0.4 is 25.4 Å². The summed E-state index contributed by atoms with van der Waals surface area (Å²) in [5.74, 6) is 2.96. The standard InChI is InChI=1S/C22H26ClN5O2/c1-12-5-6-17(29-4)13(2)20(12)30-22-19-15(16(23)10-26-21(19)24)9-18(27-22)28-8-7-14(11-28)25-3/h5-6,9-10,14,25H,7-8,11H2,1-4H3,(H2,24,26)/t14-/m1/s1. The average molecular weight is 428 g/mol. The molecule has 1 atom stereocenters. The first-order valence-electron chi connectivity index (χ1n) is 9.92. The van der Waals surface area contributed by atoms with E-state index in [1.54, 1.807) is 13.3 Å². The molecule has 0 amide bonds. The maximum absolute atomic E-state index is 6.50. The molecule has 0 bridgehead atoms. The summed E-state index contributed by atoms with van der Waals surface area (Å²) in [6.07, 6.45) is 2.61. The molecule has 0 aliphatic carbocycles. The lowest BCUT2D eigenvalue weighted by Gasteiger charge is -2.21. The molecule has 7 nitrogen and oxygen atoms in total. The van der Waals surface area contributed by atoms with Crippen LogP contribution in [0.15, 0.2) is 24.4 Å². The lowest BCUT2D eigenvalue weighted by atomic mass is 10.1. The van der Waals surface area contributed by atoms with Crippen LogP contribution >= 0.6 is 11.6 Å². The van der Waals surface area contributed by atoms with Crippen molar-refractivity contribution >= 4 is 34.0 Å². The summed E-state index contributed by atoms with van der Waals surface area (Å²) in [5, 5.41) is 5.22. The molecule has 0 radical (unpaired) electrons. The van der Waals surface area contributed by atoms with Gasteiger partial charge in [-0.15, -0.1) is 0 Å². The predicted octanol–water partition coefficient (Wildman–Crippen LogP) is 4.08. The van der Waals surface area contributed by atoms with Crippen molar-refractivity contribution in [2.24, 2.45) is 0 Å². The molecule has 3 aromatic rings. The molecular weight excluding hydrogens is 402 g/mol. The number of benzene rings is 1. The third kappa shape index (κ3) is 3.59. The number of rotatable bonds is 5. The number of pyridine rings is 2. The van der Waals surface area contributed by atoms with Crippen molar-refractivity contribution in [3.8, 4) is 17.4 Å². The molecule has 1 aliphatic heterocycles. The lowest BCUT2D eigenvalue weighted by Crippen LogP contribution is -2.29. The first-order chi connectivity index (χ1) is 14.4. The van der Waals surface area contributed by atoms with Gasteiger partial charge in [-0.3, -0.25) is 0 Å². The van der Waals surface area contributed by atoms with Gasteiger partial charge in [0.15, 0.2) is 0 Å². The van der Waals surface area contributed by atoms with Gasteiger partial charge in [-0.05, 0) is 45.0 Å². The number of nitrogens with two attached hydrogens (primary N) is 1. The van der Waals surface area contributed by atoms with Crippen molar-refractivity contribution in [1.29, 1.82) is 0 Å². The number of fused-ring (bicyclic) bond motifs is 1. The number of ether oxygens (including phenoxy) is 2. The Balaban J connectivity index is 1.87. The van der Waals surface area contributed by atoms with E-state index >= 15 is 0 Å². The van der Waals surface area contributed by atoms with Gasteiger partial charge in [0, 0.05) is 36.3 Å². The quantitative estimate of drug-likeness (QED) is 0.634. The Labute approximate surface area is 181 Å².